The lowest BCUT2D eigenvalue weighted by molar-refractivity contribution is 0.189. The summed E-state index contributed by atoms with van der Waals surface area (Å²) in [6.07, 6.45) is 7.99. The van der Waals surface area contributed by atoms with E-state index in [1.54, 1.807) is 0 Å². The van der Waals surface area contributed by atoms with Gasteiger partial charge in [-0.1, -0.05) is 26.0 Å². The van der Waals surface area contributed by atoms with Crippen LogP contribution in [0.1, 0.15) is 38.3 Å². The monoisotopic (exact) mass is 497 g/mol. The van der Waals surface area contributed by atoms with Crippen LogP contribution in [-0.2, 0) is 6.54 Å². The van der Waals surface area contributed by atoms with E-state index in [0.29, 0.717) is 12.0 Å². The smallest absolute Gasteiger partial charge is 0.193 e. The van der Waals surface area contributed by atoms with Gasteiger partial charge in [0.1, 0.15) is 5.75 Å². The van der Waals surface area contributed by atoms with E-state index >= 15 is 0 Å². The minimum absolute atomic E-state index is 0. The van der Waals surface area contributed by atoms with Gasteiger partial charge in [0, 0.05) is 39.1 Å². The molecule has 0 spiro atoms. The number of likely N-dealkylation sites (tertiary alicyclic amines) is 1. The van der Waals surface area contributed by atoms with Crippen LogP contribution in [0.3, 0.4) is 0 Å². The summed E-state index contributed by atoms with van der Waals surface area (Å²) in [5.74, 6) is 2.51. The third-order valence-electron chi connectivity index (χ3n) is 5.16. The molecule has 6 nitrogen and oxygen atoms in total. The molecule has 3 rings (SSSR count). The van der Waals surface area contributed by atoms with Gasteiger partial charge in [-0.3, -0.25) is 4.99 Å². The number of guanidine groups is 1. The highest BCUT2D eigenvalue weighted by molar-refractivity contribution is 14.0. The summed E-state index contributed by atoms with van der Waals surface area (Å²) >= 11 is 0. The molecule has 2 aromatic rings. The van der Waals surface area contributed by atoms with Crippen molar-refractivity contribution in [3.63, 3.8) is 0 Å². The number of halogens is 1. The first kappa shape index (κ1) is 22.5. The molecule has 1 aromatic carbocycles. The molecule has 0 radical (unpaired) electrons. The minimum Gasteiger partial charge on any atom is -0.494 e. The van der Waals surface area contributed by atoms with E-state index in [0.717, 1.165) is 50.8 Å². The average molecular weight is 497 g/mol. The number of nitrogens with zero attached hydrogens (tertiary/aromatic N) is 4. The van der Waals surface area contributed by atoms with Crippen molar-refractivity contribution in [2.45, 2.75) is 39.3 Å². The van der Waals surface area contributed by atoms with Gasteiger partial charge < -0.3 is 19.5 Å². The first-order chi connectivity index (χ1) is 13.2. The molecule has 7 heteroatoms. The largest absolute Gasteiger partial charge is 0.494 e. The molecule has 0 aliphatic carbocycles. The molecule has 1 N–H and O–H groups in total. The maximum Gasteiger partial charge on any atom is 0.193 e. The first-order valence-electron chi connectivity index (χ1n) is 9.86. The molecule has 1 aliphatic heterocycles. The Morgan fingerprint density at radius 2 is 2.25 bits per heavy atom. The van der Waals surface area contributed by atoms with E-state index in [4.69, 9.17) is 4.74 Å². The van der Waals surface area contributed by atoms with Crippen molar-refractivity contribution in [3.05, 3.63) is 48.5 Å². The Morgan fingerprint density at radius 3 is 2.96 bits per heavy atom. The molecule has 0 bridgehead atoms. The molecule has 1 fully saturated rings. The quantitative estimate of drug-likeness (QED) is 0.373. The molecule has 0 saturated carbocycles. The molecule has 0 amide bonds. The second-order valence-electron chi connectivity index (χ2n) is 7.19. The highest BCUT2D eigenvalue weighted by atomic mass is 127. The number of aromatic nitrogens is 2. The number of piperidine rings is 1. The van der Waals surface area contributed by atoms with Crippen LogP contribution in [0.5, 0.6) is 5.75 Å². The Hall–Kier alpha value is -1.77. The fourth-order valence-corrected chi connectivity index (χ4v) is 3.57. The third kappa shape index (κ3) is 5.86. The van der Waals surface area contributed by atoms with Crippen LogP contribution in [0.25, 0.3) is 0 Å². The molecule has 2 unspecified atom stereocenters. The van der Waals surface area contributed by atoms with Crippen molar-refractivity contribution in [3.8, 4) is 5.75 Å². The van der Waals surface area contributed by atoms with Crippen LogP contribution < -0.4 is 10.1 Å². The SMILES string of the molecule is CCCOc1cccc(CNC(=NC)N2CCC(C)C(n3ccnc3)C2)c1.I. The number of benzene rings is 1. The van der Waals surface area contributed by atoms with Crippen molar-refractivity contribution in [1.29, 1.82) is 0 Å². The van der Waals surface area contributed by atoms with E-state index in [2.05, 4.69) is 56.9 Å². The molecule has 154 valence electrons. The average Bonchev–Trinajstić information content (AvgIpc) is 3.23. The summed E-state index contributed by atoms with van der Waals surface area (Å²) in [6.45, 7) is 7.88. The van der Waals surface area contributed by atoms with Gasteiger partial charge in [0.2, 0.25) is 0 Å². The molecule has 1 saturated heterocycles. The van der Waals surface area contributed by atoms with Crippen LogP contribution in [-0.4, -0.2) is 47.2 Å². The first-order valence-corrected chi connectivity index (χ1v) is 9.86. The summed E-state index contributed by atoms with van der Waals surface area (Å²) < 4.78 is 7.96. The Balaban J connectivity index is 0.00000280. The Kier molecular flexibility index (Phi) is 9.08. The van der Waals surface area contributed by atoms with E-state index in [-0.39, 0.29) is 24.0 Å². The van der Waals surface area contributed by atoms with Crippen LogP contribution >= 0.6 is 24.0 Å². The maximum atomic E-state index is 5.74. The van der Waals surface area contributed by atoms with Gasteiger partial charge in [0.05, 0.1) is 19.0 Å². The van der Waals surface area contributed by atoms with Crippen molar-refractivity contribution < 1.29 is 4.74 Å². The maximum absolute atomic E-state index is 5.74. The lowest BCUT2D eigenvalue weighted by atomic mass is 9.93. The molecule has 2 atom stereocenters. The van der Waals surface area contributed by atoms with Crippen molar-refractivity contribution in [2.75, 3.05) is 26.7 Å². The topological polar surface area (TPSA) is 54.7 Å². The van der Waals surface area contributed by atoms with Gasteiger partial charge in [-0.25, -0.2) is 4.98 Å². The normalized spacial score (nSPS) is 19.8. The van der Waals surface area contributed by atoms with Crippen LogP contribution in [0.15, 0.2) is 48.0 Å². The Labute approximate surface area is 185 Å². The summed E-state index contributed by atoms with van der Waals surface area (Å²) in [4.78, 5) is 11.1. The highest BCUT2D eigenvalue weighted by Gasteiger charge is 2.28. The molecular formula is C21H32IN5O. The van der Waals surface area contributed by atoms with E-state index < -0.39 is 0 Å². The van der Waals surface area contributed by atoms with Gasteiger partial charge in [-0.2, -0.15) is 0 Å². The zero-order valence-electron chi connectivity index (χ0n) is 17.0. The summed E-state index contributed by atoms with van der Waals surface area (Å²) in [5, 5.41) is 3.51. The van der Waals surface area contributed by atoms with Crippen molar-refractivity contribution in [2.24, 2.45) is 10.9 Å². The van der Waals surface area contributed by atoms with Gasteiger partial charge in [0.15, 0.2) is 5.96 Å². The van der Waals surface area contributed by atoms with Crippen LogP contribution in [0.2, 0.25) is 0 Å². The molecular weight excluding hydrogens is 465 g/mol. The summed E-state index contributed by atoms with van der Waals surface area (Å²) in [6, 6.07) is 8.69. The molecule has 2 heterocycles. The number of nitrogens with one attached hydrogen (secondary N) is 1. The van der Waals surface area contributed by atoms with E-state index in [1.807, 2.05) is 31.7 Å². The zero-order valence-corrected chi connectivity index (χ0v) is 19.4. The predicted molar refractivity (Wildman–Crippen MR) is 124 cm³/mol. The van der Waals surface area contributed by atoms with Crippen molar-refractivity contribution in [1.82, 2.24) is 19.8 Å². The van der Waals surface area contributed by atoms with E-state index in [9.17, 15) is 0 Å². The highest BCUT2D eigenvalue weighted by Crippen LogP contribution is 2.27. The fraction of sp³-hybridized carbons (Fsp3) is 0.524. The number of aliphatic imine (C=N–C) groups is 1. The number of imidazole rings is 1. The minimum atomic E-state index is 0. The Morgan fingerprint density at radius 1 is 1.39 bits per heavy atom. The Bertz CT molecular complexity index is 734. The second kappa shape index (κ2) is 11.3. The summed E-state index contributed by atoms with van der Waals surface area (Å²) in [5.41, 5.74) is 1.20. The van der Waals surface area contributed by atoms with Crippen LogP contribution in [0.4, 0.5) is 0 Å². The lowest BCUT2D eigenvalue weighted by Gasteiger charge is -2.39. The number of rotatable bonds is 6. The van der Waals surface area contributed by atoms with Gasteiger partial charge >= 0.3 is 0 Å². The number of hydrogen-bond acceptors (Lipinski definition) is 3. The number of ether oxygens (including phenoxy) is 1. The number of hydrogen-bond donors (Lipinski definition) is 1. The third-order valence-corrected chi connectivity index (χ3v) is 5.16. The standard InChI is InChI=1S/C21H31N5O.HI/c1-4-12-27-19-7-5-6-18(13-19)14-24-21(22-3)25-10-8-17(2)20(15-25)26-11-9-23-16-26;/h5-7,9,11,13,16-17,20H,4,8,10,12,14-15H2,1-3H3,(H,22,24);1H. The molecule has 28 heavy (non-hydrogen) atoms. The van der Waals surface area contributed by atoms with Crippen LogP contribution in [0, 0.1) is 5.92 Å². The molecule has 1 aliphatic rings. The lowest BCUT2D eigenvalue weighted by Crippen LogP contribution is -2.48. The van der Waals surface area contributed by atoms with Gasteiger partial charge in [-0.05, 0) is 36.5 Å². The van der Waals surface area contributed by atoms with Gasteiger partial charge in [0.25, 0.3) is 0 Å². The summed E-state index contributed by atoms with van der Waals surface area (Å²) in [7, 11) is 1.85. The molecule has 1 aromatic heterocycles. The van der Waals surface area contributed by atoms with Gasteiger partial charge in [-0.15, -0.1) is 24.0 Å². The zero-order chi connectivity index (χ0) is 19.1. The second-order valence-corrected chi connectivity index (χ2v) is 7.19. The van der Waals surface area contributed by atoms with Crippen molar-refractivity contribution >= 4 is 29.9 Å². The fourth-order valence-electron chi connectivity index (χ4n) is 3.57. The van der Waals surface area contributed by atoms with E-state index in [1.165, 1.54) is 5.56 Å². The predicted octanol–water partition coefficient (Wildman–Crippen LogP) is 3.95.